The molecular weight excluding hydrogens is 226 g/mol. The number of amides is 1. The van der Waals surface area contributed by atoms with Crippen molar-refractivity contribution < 1.29 is 4.79 Å². The quantitative estimate of drug-likeness (QED) is 0.716. The van der Waals surface area contributed by atoms with Gasteiger partial charge in [0, 0.05) is 13.1 Å². The number of hydrogen-bond acceptors (Lipinski definition) is 3. The standard InChI is InChI=1S/C14H29N3O/c1-5-9-12-14(18)17(13(6-2)15-12)11-10-16(7-3)8-4/h12-13,15H,5-11H2,1-4H3. The summed E-state index contributed by atoms with van der Waals surface area (Å²) in [6, 6.07) is 0.0525. The third-order valence-electron chi connectivity index (χ3n) is 3.87. The molecule has 0 aromatic carbocycles. The molecule has 1 N–H and O–H groups in total. The summed E-state index contributed by atoms with van der Waals surface area (Å²) in [5.74, 6) is 0.302. The monoisotopic (exact) mass is 255 g/mol. The van der Waals surface area contributed by atoms with Gasteiger partial charge in [-0.05, 0) is 25.9 Å². The van der Waals surface area contributed by atoms with Crippen LogP contribution in [0.15, 0.2) is 0 Å². The molecule has 0 radical (unpaired) electrons. The first-order valence-corrected chi connectivity index (χ1v) is 7.46. The second kappa shape index (κ2) is 7.74. The molecule has 1 fully saturated rings. The normalized spacial score (nSPS) is 24.3. The molecule has 4 nitrogen and oxygen atoms in total. The van der Waals surface area contributed by atoms with E-state index >= 15 is 0 Å². The summed E-state index contributed by atoms with van der Waals surface area (Å²) in [7, 11) is 0. The minimum atomic E-state index is 0.0525. The smallest absolute Gasteiger partial charge is 0.241 e. The van der Waals surface area contributed by atoms with Crippen molar-refractivity contribution in [1.82, 2.24) is 15.1 Å². The summed E-state index contributed by atoms with van der Waals surface area (Å²) in [5.41, 5.74) is 0. The maximum Gasteiger partial charge on any atom is 0.241 e. The molecule has 1 rings (SSSR count). The van der Waals surface area contributed by atoms with E-state index in [2.05, 4.69) is 37.9 Å². The van der Waals surface area contributed by atoms with Gasteiger partial charge in [0.1, 0.15) is 0 Å². The highest BCUT2D eigenvalue weighted by Gasteiger charge is 2.36. The average molecular weight is 255 g/mol. The highest BCUT2D eigenvalue weighted by Crippen LogP contribution is 2.16. The van der Waals surface area contributed by atoms with E-state index in [-0.39, 0.29) is 12.2 Å². The summed E-state index contributed by atoms with van der Waals surface area (Å²) in [4.78, 5) is 16.7. The highest BCUT2D eigenvalue weighted by atomic mass is 16.2. The highest BCUT2D eigenvalue weighted by molar-refractivity contribution is 5.84. The van der Waals surface area contributed by atoms with Crippen molar-refractivity contribution in [3.63, 3.8) is 0 Å². The van der Waals surface area contributed by atoms with Gasteiger partial charge in [-0.2, -0.15) is 0 Å². The van der Waals surface area contributed by atoms with E-state index in [0.29, 0.717) is 5.91 Å². The molecule has 1 heterocycles. The molecule has 1 amide bonds. The van der Waals surface area contributed by atoms with Crippen LogP contribution in [0.3, 0.4) is 0 Å². The minimum Gasteiger partial charge on any atom is -0.325 e. The zero-order valence-electron chi connectivity index (χ0n) is 12.4. The Hall–Kier alpha value is -0.610. The first-order chi connectivity index (χ1) is 8.67. The lowest BCUT2D eigenvalue weighted by Gasteiger charge is -2.26. The van der Waals surface area contributed by atoms with E-state index in [1.807, 2.05) is 4.90 Å². The molecule has 18 heavy (non-hydrogen) atoms. The van der Waals surface area contributed by atoms with Crippen LogP contribution in [-0.2, 0) is 4.79 Å². The molecular formula is C14H29N3O. The SMILES string of the molecule is CCCC1NC(CC)N(CCN(CC)CC)C1=O. The van der Waals surface area contributed by atoms with Crippen LogP contribution < -0.4 is 5.32 Å². The third kappa shape index (κ3) is 3.69. The van der Waals surface area contributed by atoms with E-state index < -0.39 is 0 Å². The fourth-order valence-electron chi connectivity index (χ4n) is 2.64. The number of rotatable bonds is 8. The van der Waals surface area contributed by atoms with Crippen LogP contribution in [0.1, 0.15) is 47.0 Å². The molecule has 1 aliphatic rings. The van der Waals surface area contributed by atoms with Crippen LogP contribution in [0.5, 0.6) is 0 Å². The van der Waals surface area contributed by atoms with Crippen molar-refractivity contribution in [3.05, 3.63) is 0 Å². The van der Waals surface area contributed by atoms with Crippen LogP contribution in [0, 0.1) is 0 Å². The molecule has 1 saturated heterocycles. The first-order valence-electron chi connectivity index (χ1n) is 7.46. The molecule has 2 atom stereocenters. The summed E-state index contributed by atoms with van der Waals surface area (Å²) in [5, 5.41) is 3.46. The Kier molecular flexibility index (Phi) is 6.65. The number of nitrogens with zero attached hydrogens (tertiary/aromatic N) is 2. The molecule has 1 aliphatic heterocycles. The van der Waals surface area contributed by atoms with Gasteiger partial charge in [-0.3, -0.25) is 10.1 Å². The van der Waals surface area contributed by atoms with Crippen molar-refractivity contribution in [2.75, 3.05) is 26.2 Å². The topological polar surface area (TPSA) is 35.6 Å². The van der Waals surface area contributed by atoms with E-state index in [4.69, 9.17) is 0 Å². The average Bonchev–Trinajstić information content (AvgIpc) is 2.68. The van der Waals surface area contributed by atoms with Gasteiger partial charge in [-0.1, -0.05) is 34.1 Å². The van der Waals surface area contributed by atoms with Crippen LogP contribution >= 0.6 is 0 Å². The zero-order chi connectivity index (χ0) is 13.5. The summed E-state index contributed by atoms with van der Waals surface area (Å²) in [6.45, 7) is 12.6. The molecule has 4 heteroatoms. The van der Waals surface area contributed by atoms with Gasteiger partial charge in [0.15, 0.2) is 0 Å². The van der Waals surface area contributed by atoms with Crippen LogP contribution in [0.4, 0.5) is 0 Å². The van der Waals surface area contributed by atoms with Gasteiger partial charge in [0.05, 0.1) is 12.2 Å². The Morgan fingerprint density at radius 3 is 2.39 bits per heavy atom. The Morgan fingerprint density at radius 2 is 1.89 bits per heavy atom. The summed E-state index contributed by atoms with van der Waals surface area (Å²) < 4.78 is 0. The van der Waals surface area contributed by atoms with Gasteiger partial charge in [0.2, 0.25) is 5.91 Å². The third-order valence-corrected chi connectivity index (χ3v) is 3.87. The summed E-state index contributed by atoms with van der Waals surface area (Å²) in [6.07, 6.45) is 3.25. The van der Waals surface area contributed by atoms with Crippen LogP contribution in [-0.4, -0.2) is 54.1 Å². The van der Waals surface area contributed by atoms with Gasteiger partial charge in [-0.15, -0.1) is 0 Å². The number of carbonyl (C=O) groups excluding carboxylic acids is 1. The van der Waals surface area contributed by atoms with Gasteiger partial charge < -0.3 is 9.80 Å². The fourth-order valence-corrected chi connectivity index (χ4v) is 2.64. The van der Waals surface area contributed by atoms with E-state index in [1.54, 1.807) is 0 Å². The van der Waals surface area contributed by atoms with E-state index in [9.17, 15) is 4.79 Å². The number of carbonyl (C=O) groups is 1. The second-order valence-electron chi connectivity index (χ2n) is 4.99. The Balaban J connectivity index is 2.53. The molecule has 2 unspecified atom stereocenters. The van der Waals surface area contributed by atoms with Crippen molar-refractivity contribution in [3.8, 4) is 0 Å². The van der Waals surface area contributed by atoms with Crippen molar-refractivity contribution in [1.29, 1.82) is 0 Å². The fraction of sp³-hybridized carbons (Fsp3) is 0.929. The molecule has 106 valence electrons. The number of nitrogens with one attached hydrogen (secondary N) is 1. The van der Waals surface area contributed by atoms with Crippen LogP contribution in [0.2, 0.25) is 0 Å². The van der Waals surface area contributed by atoms with Crippen molar-refractivity contribution in [2.45, 2.75) is 59.2 Å². The molecule has 0 aromatic heterocycles. The van der Waals surface area contributed by atoms with Crippen molar-refractivity contribution >= 4 is 5.91 Å². The Bertz CT molecular complexity index is 253. The van der Waals surface area contributed by atoms with E-state index in [1.165, 1.54) is 0 Å². The molecule has 0 aliphatic carbocycles. The maximum absolute atomic E-state index is 12.3. The summed E-state index contributed by atoms with van der Waals surface area (Å²) >= 11 is 0. The Morgan fingerprint density at radius 1 is 1.22 bits per heavy atom. The molecule has 0 saturated carbocycles. The van der Waals surface area contributed by atoms with Crippen molar-refractivity contribution in [2.24, 2.45) is 0 Å². The maximum atomic E-state index is 12.3. The van der Waals surface area contributed by atoms with Gasteiger partial charge in [-0.25, -0.2) is 0 Å². The van der Waals surface area contributed by atoms with E-state index in [0.717, 1.165) is 45.4 Å². The lowest BCUT2D eigenvalue weighted by Crippen LogP contribution is -2.42. The molecule has 0 spiro atoms. The second-order valence-corrected chi connectivity index (χ2v) is 4.99. The number of hydrogen-bond donors (Lipinski definition) is 1. The molecule has 0 bridgehead atoms. The lowest BCUT2D eigenvalue weighted by molar-refractivity contribution is -0.130. The van der Waals surface area contributed by atoms with Crippen LogP contribution in [0.25, 0.3) is 0 Å². The minimum absolute atomic E-state index is 0.0525. The number of likely N-dealkylation sites (N-methyl/N-ethyl adjacent to an activating group) is 1. The zero-order valence-corrected chi connectivity index (χ0v) is 12.4. The van der Waals surface area contributed by atoms with Gasteiger partial charge >= 0.3 is 0 Å². The van der Waals surface area contributed by atoms with Gasteiger partial charge in [0.25, 0.3) is 0 Å². The largest absolute Gasteiger partial charge is 0.325 e. The molecule has 0 aromatic rings. The lowest BCUT2D eigenvalue weighted by atomic mass is 10.2. The first kappa shape index (κ1) is 15.4. The Labute approximate surface area is 112 Å². The predicted octanol–water partition coefficient (Wildman–Crippen LogP) is 1.66. The predicted molar refractivity (Wildman–Crippen MR) is 75.4 cm³/mol.